The lowest BCUT2D eigenvalue weighted by atomic mass is 9.68. The second-order valence-corrected chi connectivity index (χ2v) is 6.58. The summed E-state index contributed by atoms with van der Waals surface area (Å²) in [7, 11) is 0. The van der Waals surface area contributed by atoms with Crippen LogP contribution in [0.5, 0.6) is 0 Å². The van der Waals surface area contributed by atoms with Gasteiger partial charge in [0.1, 0.15) is 0 Å². The van der Waals surface area contributed by atoms with Crippen LogP contribution in [0.1, 0.15) is 66.2 Å². The first-order valence-electron chi connectivity index (χ1n) is 7.45. The Bertz CT molecular complexity index is 207. The summed E-state index contributed by atoms with van der Waals surface area (Å²) < 4.78 is 0. The van der Waals surface area contributed by atoms with Gasteiger partial charge in [0.2, 0.25) is 0 Å². The molecule has 17 heavy (non-hydrogen) atoms. The Kier molecular flexibility index (Phi) is 5.46. The second kappa shape index (κ2) is 6.19. The van der Waals surface area contributed by atoms with Crippen LogP contribution in [0.25, 0.3) is 0 Å². The highest BCUT2D eigenvalue weighted by Gasteiger charge is 2.40. The lowest BCUT2D eigenvalue weighted by Gasteiger charge is -2.50. The molecular weight excluding hydrogens is 208 g/mol. The zero-order valence-corrected chi connectivity index (χ0v) is 12.4. The summed E-state index contributed by atoms with van der Waals surface area (Å²) in [6, 6.07) is 0. The van der Waals surface area contributed by atoms with Gasteiger partial charge in [0.25, 0.3) is 0 Å². The Labute approximate surface area is 108 Å². The highest BCUT2D eigenvalue weighted by Crippen LogP contribution is 2.42. The normalized spacial score (nSPS) is 22.9. The average molecular weight is 240 g/mol. The van der Waals surface area contributed by atoms with Gasteiger partial charge in [0.15, 0.2) is 0 Å². The largest absolute Gasteiger partial charge is 0.329 e. The minimum absolute atomic E-state index is 0.307. The molecule has 0 heterocycles. The van der Waals surface area contributed by atoms with E-state index in [0.717, 1.165) is 6.54 Å². The molecule has 0 aromatic carbocycles. The van der Waals surface area contributed by atoms with Crippen LogP contribution >= 0.6 is 0 Å². The summed E-state index contributed by atoms with van der Waals surface area (Å²) in [6.07, 6.45) is 7.71. The third-order valence-electron chi connectivity index (χ3n) is 4.57. The SMILES string of the molecule is CCCN(CCC)C1(CN)CCC(C)(C)CC1. The van der Waals surface area contributed by atoms with E-state index in [0.29, 0.717) is 11.0 Å². The minimum Gasteiger partial charge on any atom is -0.329 e. The number of rotatable bonds is 6. The minimum atomic E-state index is 0.307. The molecule has 0 aromatic heterocycles. The van der Waals surface area contributed by atoms with Gasteiger partial charge in [-0.25, -0.2) is 0 Å². The molecule has 0 spiro atoms. The maximum absolute atomic E-state index is 6.15. The molecule has 0 unspecified atom stereocenters. The molecule has 1 rings (SSSR count). The van der Waals surface area contributed by atoms with Crippen molar-refractivity contribution in [1.29, 1.82) is 0 Å². The first-order valence-corrected chi connectivity index (χ1v) is 7.45. The van der Waals surface area contributed by atoms with Crippen LogP contribution in [0, 0.1) is 5.41 Å². The molecule has 0 atom stereocenters. The Balaban J connectivity index is 2.72. The maximum atomic E-state index is 6.15. The van der Waals surface area contributed by atoms with Crippen molar-refractivity contribution in [2.75, 3.05) is 19.6 Å². The smallest absolute Gasteiger partial charge is 0.0332 e. The van der Waals surface area contributed by atoms with E-state index in [1.54, 1.807) is 0 Å². The van der Waals surface area contributed by atoms with Crippen molar-refractivity contribution >= 4 is 0 Å². The standard InChI is InChI=1S/C15H32N2/c1-5-11-17(12-6-2)15(13-16)9-7-14(3,4)8-10-15/h5-13,16H2,1-4H3. The molecule has 0 aliphatic heterocycles. The van der Waals surface area contributed by atoms with E-state index in [-0.39, 0.29) is 0 Å². The lowest BCUT2D eigenvalue weighted by Crippen LogP contribution is -2.57. The highest BCUT2D eigenvalue weighted by atomic mass is 15.2. The van der Waals surface area contributed by atoms with E-state index >= 15 is 0 Å². The van der Waals surface area contributed by atoms with E-state index in [9.17, 15) is 0 Å². The number of hydrogen-bond acceptors (Lipinski definition) is 2. The van der Waals surface area contributed by atoms with E-state index < -0.39 is 0 Å². The fourth-order valence-electron chi connectivity index (χ4n) is 3.17. The summed E-state index contributed by atoms with van der Waals surface area (Å²) in [4.78, 5) is 2.68. The molecule has 2 N–H and O–H groups in total. The summed E-state index contributed by atoms with van der Waals surface area (Å²) in [5, 5.41) is 0. The van der Waals surface area contributed by atoms with E-state index in [2.05, 4.69) is 32.6 Å². The predicted octanol–water partition coefficient (Wildman–Crippen LogP) is 3.41. The van der Waals surface area contributed by atoms with Gasteiger partial charge in [0, 0.05) is 12.1 Å². The molecule has 0 aromatic rings. The molecule has 2 heteroatoms. The van der Waals surface area contributed by atoms with Crippen LogP contribution in [-0.4, -0.2) is 30.1 Å². The van der Waals surface area contributed by atoms with E-state index in [4.69, 9.17) is 5.73 Å². The molecule has 0 radical (unpaired) electrons. The Morgan fingerprint density at radius 3 is 1.76 bits per heavy atom. The number of nitrogens with zero attached hydrogens (tertiary/aromatic N) is 1. The molecule has 0 bridgehead atoms. The maximum Gasteiger partial charge on any atom is 0.0332 e. The summed E-state index contributed by atoms with van der Waals surface area (Å²) in [6.45, 7) is 12.6. The van der Waals surface area contributed by atoms with Crippen molar-refractivity contribution in [2.24, 2.45) is 11.1 Å². The molecule has 0 saturated heterocycles. The molecule has 0 amide bonds. The Hall–Kier alpha value is -0.0800. The van der Waals surface area contributed by atoms with Crippen molar-refractivity contribution in [1.82, 2.24) is 4.90 Å². The van der Waals surface area contributed by atoms with E-state index in [1.807, 2.05) is 0 Å². The molecule has 1 fully saturated rings. The zero-order valence-electron chi connectivity index (χ0n) is 12.4. The van der Waals surface area contributed by atoms with Gasteiger partial charge < -0.3 is 5.73 Å². The molecule has 2 nitrogen and oxygen atoms in total. The van der Waals surface area contributed by atoms with Crippen LogP contribution in [-0.2, 0) is 0 Å². The van der Waals surface area contributed by atoms with Crippen molar-refractivity contribution < 1.29 is 0 Å². The topological polar surface area (TPSA) is 29.3 Å². The van der Waals surface area contributed by atoms with Gasteiger partial charge in [-0.05, 0) is 57.0 Å². The van der Waals surface area contributed by atoms with Crippen LogP contribution < -0.4 is 5.73 Å². The number of nitrogens with two attached hydrogens (primary N) is 1. The van der Waals surface area contributed by atoms with Crippen molar-refractivity contribution in [2.45, 2.75) is 71.8 Å². The first-order chi connectivity index (χ1) is 7.99. The third-order valence-corrected chi connectivity index (χ3v) is 4.57. The number of hydrogen-bond donors (Lipinski definition) is 1. The van der Waals surface area contributed by atoms with Gasteiger partial charge in [-0.1, -0.05) is 27.7 Å². The zero-order chi connectivity index (χ0) is 12.9. The molecule has 102 valence electrons. The van der Waals surface area contributed by atoms with Crippen molar-refractivity contribution in [3.8, 4) is 0 Å². The highest BCUT2D eigenvalue weighted by molar-refractivity contribution is 4.97. The first kappa shape index (κ1) is 15.0. The van der Waals surface area contributed by atoms with Crippen molar-refractivity contribution in [3.63, 3.8) is 0 Å². The predicted molar refractivity (Wildman–Crippen MR) is 76.2 cm³/mol. The Morgan fingerprint density at radius 1 is 0.941 bits per heavy atom. The Morgan fingerprint density at radius 2 is 1.41 bits per heavy atom. The van der Waals surface area contributed by atoms with Gasteiger partial charge in [0.05, 0.1) is 0 Å². The average Bonchev–Trinajstić information content (AvgIpc) is 2.30. The second-order valence-electron chi connectivity index (χ2n) is 6.58. The quantitative estimate of drug-likeness (QED) is 0.771. The van der Waals surface area contributed by atoms with Crippen molar-refractivity contribution in [3.05, 3.63) is 0 Å². The fraction of sp³-hybridized carbons (Fsp3) is 1.00. The van der Waals surface area contributed by atoms with Crippen LogP contribution in [0.15, 0.2) is 0 Å². The molecule has 1 aliphatic carbocycles. The summed E-state index contributed by atoms with van der Waals surface area (Å²) in [5.74, 6) is 0. The van der Waals surface area contributed by atoms with Gasteiger partial charge >= 0.3 is 0 Å². The van der Waals surface area contributed by atoms with Gasteiger partial charge in [-0.2, -0.15) is 0 Å². The van der Waals surface area contributed by atoms with Crippen LogP contribution in [0.3, 0.4) is 0 Å². The summed E-state index contributed by atoms with van der Waals surface area (Å²) >= 11 is 0. The lowest BCUT2D eigenvalue weighted by molar-refractivity contribution is 0.0227. The van der Waals surface area contributed by atoms with E-state index in [1.165, 1.54) is 51.6 Å². The molecular formula is C15H32N2. The molecule has 1 saturated carbocycles. The molecule has 1 aliphatic rings. The van der Waals surface area contributed by atoms with Crippen LogP contribution in [0.4, 0.5) is 0 Å². The fourth-order valence-corrected chi connectivity index (χ4v) is 3.17. The third kappa shape index (κ3) is 3.69. The van der Waals surface area contributed by atoms with Crippen LogP contribution in [0.2, 0.25) is 0 Å². The van der Waals surface area contributed by atoms with Gasteiger partial charge in [-0.15, -0.1) is 0 Å². The van der Waals surface area contributed by atoms with Gasteiger partial charge in [-0.3, -0.25) is 4.90 Å². The summed E-state index contributed by atoms with van der Waals surface area (Å²) in [5.41, 5.74) is 6.98. The monoisotopic (exact) mass is 240 g/mol.